The summed E-state index contributed by atoms with van der Waals surface area (Å²) < 4.78 is 5.20. The third-order valence-corrected chi connectivity index (χ3v) is 2.66. The second-order valence-electron chi connectivity index (χ2n) is 3.87. The standard InChI is InChI=1S/C13H19NO3/c1-4-17-9-8-14(3)13(16)11-6-5-7-12(15)10(11)2/h5-7,15H,4,8-9H2,1-3H3. The van der Waals surface area contributed by atoms with Crippen LogP contribution in [-0.4, -0.2) is 42.7 Å². The molecule has 0 aliphatic carbocycles. The molecular weight excluding hydrogens is 218 g/mol. The molecule has 0 fully saturated rings. The molecule has 0 aliphatic heterocycles. The number of carbonyl (C=O) groups is 1. The van der Waals surface area contributed by atoms with Gasteiger partial charge in [-0.1, -0.05) is 6.07 Å². The number of aromatic hydroxyl groups is 1. The molecule has 0 atom stereocenters. The first-order valence-corrected chi connectivity index (χ1v) is 5.69. The Labute approximate surface area is 102 Å². The van der Waals surface area contributed by atoms with Gasteiger partial charge in [0, 0.05) is 31.3 Å². The predicted octanol–water partition coefficient (Wildman–Crippen LogP) is 1.81. The highest BCUT2D eigenvalue weighted by atomic mass is 16.5. The minimum Gasteiger partial charge on any atom is -0.508 e. The van der Waals surface area contributed by atoms with Gasteiger partial charge in [0.25, 0.3) is 5.91 Å². The number of rotatable bonds is 5. The van der Waals surface area contributed by atoms with Crippen molar-refractivity contribution in [2.45, 2.75) is 13.8 Å². The lowest BCUT2D eigenvalue weighted by Gasteiger charge is -2.18. The Bertz CT molecular complexity index is 390. The number of ether oxygens (including phenoxy) is 1. The smallest absolute Gasteiger partial charge is 0.254 e. The number of likely N-dealkylation sites (N-methyl/N-ethyl adjacent to an activating group) is 1. The van der Waals surface area contributed by atoms with Gasteiger partial charge in [-0.25, -0.2) is 0 Å². The summed E-state index contributed by atoms with van der Waals surface area (Å²) in [4.78, 5) is 13.7. The van der Waals surface area contributed by atoms with E-state index in [1.54, 1.807) is 37.1 Å². The minimum atomic E-state index is -0.0990. The van der Waals surface area contributed by atoms with Crippen LogP contribution in [0.2, 0.25) is 0 Å². The summed E-state index contributed by atoms with van der Waals surface area (Å²) in [5.74, 6) is 0.0483. The lowest BCUT2D eigenvalue weighted by Crippen LogP contribution is -2.30. The second-order valence-corrected chi connectivity index (χ2v) is 3.87. The summed E-state index contributed by atoms with van der Waals surface area (Å²) in [6, 6.07) is 4.97. The molecule has 0 radical (unpaired) electrons. The molecule has 4 nitrogen and oxygen atoms in total. The first kappa shape index (κ1) is 13.5. The summed E-state index contributed by atoms with van der Waals surface area (Å²) in [5.41, 5.74) is 1.14. The summed E-state index contributed by atoms with van der Waals surface area (Å²) in [6.45, 7) is 5.37. The minimum absolute atomic E-state index is 0.0990. The number of phenols is 1. The van der Waals surface area contributed by atoms with Crippen LogP contribution in [0.15, 0.2) is 18.2 Å². The molecule has 0 aliphatic rings. The van der Waals surface area contributed by atoms with Crippen molar-refractivity contribution in [3.63, 3.8) is 0 Å². The van der Waals surface area contributed by atoms with E-state index in [0.717, 1.165) is 0 Å². The van der Waals surface area contributed by atoms with Crippen molar-refractivity contribution in [1.82, 2.24) is 4.90 Å². The van der Waals surface area contributed by atoms with Crippen LogP contribution >= 0.6 is 0 Å². The van der Waals surface area contributed by atoms with Crippen molar-refractivity contribution in [2.24, 2.45) is 0 Å². The van der Waals surface area contributed by atoms with Crippen molar-refractivity contribution < 1.29 is 14.6 Å². The molecule has 1 N–H and O–H groups in total. The van der Waals surface area contributed by atoms with Crippen LogP contribution in [0.1, 0.15) is 22.8 Å². The Morgan fingerprint density at radius 1 is 1.47 bits per heavy atom. The van der Waals surface area contributed by atoms with Crippen molar-refractivity contribution >= 4 is 5.91 Å². The number of benzene rings is 1. The van der Waals surface area contributed by atoms with Gasteiger partial charge < -0.3 is 14.7 Å². The van der Waals surface area contributed by atoms with Crippen LogP contribution in [0.4, 0.5) is 0 Å². The molecule has 0 spiro atoms. The summed E-state index contributed by atoms with van der Waals surface area (Å²) >= 11 is 0. The van der Waals surface area contributed by atoms with Gasteiger partial charge in [-0.15, -0.1) is 0 Å². The fraction of sp³-hybridized carbons (Fsp3) is 0.462. The van der Waals surface area contributed by atoms with Crippen molar-refractivity contribution in [3.8, 4) is 5.75 Å². The summed E-state index contributed by atoms with van der Waals surface area (Å²) in [6.07, 6.45) is 0. The van der Waals surface area contributed by atoms with E-state index in [0.29, 0.717) is 30.9 Å². The number of nitrogens with zero attached hydrogens (tertiary/aromatic N) is 1. The van der Waals surface area contributed by atoms with E-state index in [9.17, 15) is 9.90 Å². The Hall–Kier alpha value is -1.55. The van der Waals surface area contributed by atoms with Crippen LogP contribution in [0.5, 0.6) is 5.75 Å². The predicted molar refractivity (Wildman–Crippen MR) is 66.3 cm³/mol. The van der Waals surface area contributed by atoms with E-state index in [2.05, 4.69) is 0 Å². The summed E-state index contributed by atoms with van der Waals surface area (Å²) in [5, 5.41) is 9.55. The molecule has 0 saturated heterocycles. The maximum atomic E-state index is 12.1. The maximum Gasteiger partial charge on any atom is 0.254 e. The number of phenolic OH excluding ortho intramolecular Hbond substituents is 1. The average Bonchev–Trinajstić information content (AvgIpc) is 2.32. The first-order valence-electron chi connectivity index (χ1n) is 5.69. The number of hydrogen-bond acceptors (Lipinski definition) is 3. The number of amides is 1. The SMILES string of the molecule is CCOCCN(C)C(=O)c1cccc(O)c1C. The van der Waals surface area contributed by atoms with E-state index >= 15 is 0 Å². The van der Waals surface area contributed by atoms with Crippen molar-refractivity contribution in [1.29, 1.82) is 0 Å². The van der Waals surface area contributed by atoms with Crippen LogP contribution in [0.3, 0.4) is 0 Å². The van der Waals surface area contributed by atoms with Crippen LogP contribution in [-0.2, 0) is 4.74 Å². The highest BCUT2D eigenvalue weighted by Gasteiger charge is 2.15. The molecule has 0 heterocycles. The van der Waals surface area contributed by atoms with Crippen molar-refractivity contribution in [2.75, 3.05) is 26.8 Å². The molecule has 94 valence electrons. The van der Waals surface area contributed by atoms with Gasteiger partial charge >= 0.3 is 0 Å². The number of carbonyl (C=O) groups excluding carboxylic acids is 1. The van der Waals surface area contributed by atoms with E-state index in [-0.39, 0.29) is 11.7 Å². The quantitative estimate of drug-likeness (QED) is 0.794. The molecule has 1 aromatic carbocycles. The largest absolute Gasteiger partial charge is 0.508 e. The lowest BCUT2D eigenvalue weighted by molar-refractivity contribution is 0.0709. The molecule has 0 saturated carbocycles. The normalized spacial score (nSPS) is 10.3. The van der Waals surface area contributed by atoms with Gasteiger partial charge in [0.1, 0.15) is 5.75 Å². The van der Waals surface area contributed by atoms with Crippen LogP contribution in [0.25, 0.3) is 0 Å². The van der Waals surface area contributed by atoms with Gasteiger partial charge in [0.2, 0.25) is 0 Å². The third kappa shape index (κ3) is 3.46. The van der Waals surface area contributed by atoms with Gasteiger partial charge in [-0.05, 0) is 26.0 Å². The second kappa shape index (κ2) is 6.25. The van der Waals surface area contributed by atoms with Gasteiger partial charge in [0.15, 0.2) is 0 Å². The molecule has 0 unspecified atom stereocenters. The molecule has 0 aromatic heterocycles. The molecule has 1 amide bonds. The highest BCUT2D eigenvalue weighted by Crippen LogP contribution is 2.20. The third-order valence-electron chi connectivity index (χ3n) is 2.66. The van der Waals surface area contributed by atoms with E-state index < -0.39 is 0 Å². The number of hydrogen-bond donors (Lipinski definition) is 1. The first-order chi connectivity index (χ1) is 8.07. The zero-order chi connectivity index (χ0) is 12.8. The Morgan fingerprint density at radius 2 is 2.18 bits per heavy atom. The van der Waals surface area contributed by atoms with Gasteiger partial charge in [-0.2, -0.15) is 0 Å². The molecule has 0 bridgehead atoms. The average molecular weight is 237 g/mol. The van der Waals surface area contributed by atoms with Crippen LogP contribution < -0.4 is 0 Å². The Morgan fingerprint density at radius 3 is 2.82 bits per heavy atom. The topological polar surface area (TPSA) is 49.8 Å². The zero-order valence-corrected chi connectivity index (χ0v) is 10.6. The van der Waals surface area contributed by atoms with Crippen LogP contribution in [0, 0.1) is 6.92 Å². The van der Waals surface area contributed by atoms with E-state index in [1.165, 1.54) is 0 Å². The van der Waals surface area contributed by atoms with E-state index in [1.807, 2.05) is 6.92 Å². The molecule has 4 heteroatoms. The van der Waals surface area contributed by atoms with E-state index in [4.69, 9.17) is 4.74 Å². The Kier molecular flexibility index (Phi) is 4.97. The fourth-order valence-corrected chi connectivity index (χ4v) is 1.51. The maximum absolute atomic E-state index is 12.1. The van der Waals surface area contributed by atoms with Crippen molar-refractivity contribution in [3.05, 3.63) is 29.3 Å². The molecule has 1 aromatic rings. The van der Waals surface area contributed by atoms with Gasteiger partial charge in [-0.3, -0.25) is 4.79 Å². The monoisotopic (exact) mass is 237 g/mol. The molecule has 1 rings (SSSR count). The summed E-state index contributed by atoms with van der Waals surface area (Å²) in [7, 11) is 1.73. The lowest BCUT2D eigenvalue weighted by atomic mass is 10.1. The zero-order valence-electron chi connectivity index (χ0n) is 10.6. The highest BCUT2D eigenvalue weighted by molar-refractivity contribution is 5.96. The fourth-order valence-electron chi connectivity index (χ4n) is 1.51. The Balaban J connectivity index is 2.71. The molecule has 17 heavy (non-hydrogen) atoms. The molecular formula is C13H19NO3. The van der Waals surface area contributed by atoms with Gasteiger partial charge in [0.05, 0.1) is 6.61 Å².